The van der Waals surface area contributed by atoms with Crippen molar-refractivity contribution in [3.63, 3.8) is 0 Å². The minimum Gasteiger partial charge on any atom is -0.307 e. The van der Waals surface area contributed by atoms with Gasteiger partial charge in [-0.25, -0.2) is 4.98 Å². The molecule has 0 aliphatic carbocycles. The van der Waals surface area contributed by atoms with Gasteiger partial charge in [0, 0.05) is 10.0 Å². The molecule has 0 fully saturated rings. The number of anilines is 1. The van der Waals surface area contributed by atoms with Gasteiger partial charge in [0.25, 0.3) is 5.91 Å². The Morgan fingerprint density at radius 3 is 2.32 bits per heavy atom. The van der Waals surface area contributed by atoms with Gasteiger partial charge in [0.15, 0.2) is 0 Å². The highest BCUT2D eigenvalue weighted by molar-refractivity contribution is 9.10. The van der Waals surface area contributed by atoms with Gasteiger partial charge < -0.3 is 5.32 Å². The van der Waals surface area contributed by atoms with Crippen molar-refractivity contribution in [2.75, 3.05) is 5.32 Å². The van der Waals surface area contributed by atoms with Crippen LogP contribution in [0.4, 0.5) is 5.82 Å². The van der Waals surface area contributed by atoms with E-state index < -0.39 is 0 Å². The van der Waals surface area contributed by atoms with E-state index in [9.17, 15) is 4.79 Å². The number of benzene rings is 1. The lowest BCUT2D eigenvalue weighted by Crippen LogP contribution is -2.16. The molecule has 0 saturated heterocycles. The fourth-order valence-electron chi connectivity index (χ4n) is 1.97. The van der Waals surface area contributed by atoms with Gasteiger partial charge in [-0.1, -0.05) is 18.2 Å². The number of aromatic nitrogens is 1. The van der Waals surface area contributed by atoms with Crippen molar-refractivity contribution < 1.29 is 4.79 Å². The molecule has 0 unspecified atom stereocenters. The lowest BCUT2D eigenvalue weighted by atomic mass is 10.0. The third-order valence-electron chi connectivity index (χ3n) is 2.97. The van der Waals surface area contributed by atoms with Crippen molar-refractivity contribution in [1.82, 2.24) is 4.98 Å². The summed E-state index contributed by atoms with van der Waals surface area (Å²) in [4.78, 5) is 16.6. The monoisotopic (exact) mass is 318 g/mol. The quantitative estimate of drug-likeness (QED) is 0.908. The number of rotatable bonds is 2. The number of halogens is 1. The van der Waals surface area contributed by atoms with Crippen LogP contribution < -0.4 is 5.32 Å². The molecule has 0 radical (unpaired) electrons. The van der Waals surface area contributed by atoms with Gasteiger partial charge in [0.2, 0.25) is 0 Å². The molecule has 1 N–H and O–H groups in total. The minimum absolute atomic E-state index is 0.121. The van der Waals surface area contributed by atoms with Crippen molar-refractivity contribution >= 4 is 27.7 Å². The zero-order valence-electron chi connectivity index (χ0n) is 11.1. The highest BCUT2D eigenvalue weighted by Crippen LogP contribution is 2.18. The van der Waals surface area contributed by atoms with E-state index in [0.717, 1.165) is 21.3 Å². The maximum absolute atomic E-state index is 12.3. The lowest BCUT2D eigenvalue weighted by Gasteiger charge is -2.10. The van der Waals surface area contributed by atoms with E-state index in [1.54, 1.807) is 6.07 Å². The highest BCUT2D eigenvalue weighted by Gasteiger charge is 2.12. The van der Waals surface area contributed by atoms with Crippen LogP contribution in [-0.4, -0.2) is 10.9 Å². The van der Waals surface area contributed by atoms with Gasteiger partial charge in [-0.2, -0.15) is 0 Å². The third kappa shape index (κ3) is 3.01. The minimum atomic E-state index is -0.121. The molecular formula is C15H15BrN2O. The summed E-state index contributed by atoms with van der Waals surface area (Å²) >= 11 is 3.39. The Morgan fingerprint density at radius 1 is 1.11 bits per heavy atom. The summed E-state index contributed by atoms with van der Waals surface area (Å²) in [5.41, 5.74) is 3.49. The molecule has 4 heteroatoms. The predicted molar refractivity (Wildman–Crippen MR) is 80.5 cm³/mol. The Kier molecular flexibility index (Phi) is 4.00. The average molecular weight is 319 g/mol. The van der Waals surface area contributed by atoms with Crippen LogP contribution in [0.25, 0.3) is 0 Å². The van der Waals surface area contributed by atoms with E-state index >= 15 is 0 Å². The molecule has 2 rings (SSSR count). The summed E-state index contributed by atoms with van der Waals surface area (Å²) in [6.45, 7) is 5.75. The first-order chi connectivity index (χ1) is 8.99. The third-order valence-corrected chi connectivity index (χ3v) is 3.81. The second-order valence-electron chi connectivity index (χ2n) is 4.48. The summed E-state index contributed by atoms with van der Waals surface area (Å²) in [6.07, 6.45) is 0. The molecule has 98 valence electrons. The van der Waals surface area contributed by atoms with Crippen LogP contribution in [0.5, 0.6) is 0 Å². The van der Waals surface area contributed by atoms with Gasteiger partial charge in [0.1, 0.15) is 5.82 Å². The van der Waals surface area contributed by atoms with Crippen molar-refractivity contribution in [2.24, 2.45) is 0 Å². The van der Waals surface area contributed by atoms with Crippen LogP contribution >= 0.6 is 15.9 Å². The summed E-state index contributed by atoms with van der Waals surface area (Å²) in [5, 5.41) is 2.84. The lowest BCUT2D eigenvalue weighted by molar-refractivity contribution is 0.102. The number of carbonyl (C=O) groups excluding carboxylic acids is 1. The molecule has 0 saturated carbocycles. The number of amides is 1. The summed E-state index contributed by atoms with van der Waals surface area (Å²) in [6, 6.07) is 9.47. The largest absolute Gasteiger partial charge is 0.307 e. The molecule has 19 heavy (non-hydrogen) atoms. The average Bonchev–Trinajstić information content (AvgIpc) is 2.33. The number of pyridine rings is 1. The molecule has 2 aromatic rings. The Morgan fingerprint density at radius 2 is 1.74 bits per heavy atom. The van der Waals surface area contributed by atoms with Gasteiger partial charge in [-0.05, 0) is 60.0 Å². The smallest absolute Gasteiger partial charge is 0.257 e. The van der Waals surface area contributed by atoms with E-state index in [0.29, 0.717) is 11.4 Å². The standard InChI is InChI=1S/C15H15BrN2O/c1-9-5-4-6-10(2)14(9)15(19)18-13-8-7-12(16)11(3)17-13/h4-8H,1-3H3,(H,17,18,19). The fourth-order valence-corrected chi connectivity index (χ4v) is 2.19. The van der Waals surface area contributed by atoms with Crippen molar-refractivity contribution in [2.45, 2.75) is 20.8 Å². The molecular weight excluding hydrogens is 304 g/mol. The first-order valence-electron chi connectivity index (χ1n) is 6.00. The van der Waals surface area contributed by atoms with E-state index in [2.05, 4.69) is 26.2 Å². The topological polar surface area (TPSA) is 42.0 Å². The Bertz CT molecular complexity index is 618. The van der Waals surface area contributed by atoms with Gasteiger partial charge in [0.05, 0.1) is 5.69 Å². The molecule has 1 heterocycles. The van der Waals surface area contributed by atoms with Crippen LogP contribution in [0, 0.1) is 20.8 Å². The molecule has 0 aliphatic heterocycles. The fraction of sp³-hybridized carbons (Fsp3) is 0.200. The van der Waals surface area contributed by atoms with Gasteiger partial charge in [-0.15, -0.1) is 0 Å². The molecule has 0 bridgehead atoms. The number of aryl methyl sites for hydroxylation is 3. The number of nitrogens with zero attached hydrogens (tertiary/aromatic N) is 1. The van der Waals surface area contributed by atoms with E-state index in [1.165, 1.54) is 0 Å². The summed E-state index contributed by atoms with van der Waals surface area (Å²) in [5.74, 6) is 0.443. The number of hydrogen-bond acceptors (Lipinski definition) is 2. The Balaban J connectivity index is 2.28. The SMILES string of the molecule is Cc1cccc(C)c1C(=O)Nc1ccc(Br)c(C)n1. The highest BCUT2D eigenvalue weighted by atomic mass is 79.9. The predicted octanol–water partition coefficient (Wildman–Crippen LogP) is 4.02. The van der Waals surface area contributed by atoms with E-state index in [1.807, 2.05) is 45.0 Å². The van der Waals surface area contributed by atoms with Gasteiger partial charge >= 0.3 is 0 Å². The normalized spacial score (nSPS) is 10.3. The molecule has 1 amide bonds. The second kappa shape index (κ2) is 5.53. The Labute approximate surface area is 121 Å². The van der Waals surface area contributed by atoms with Crippen LogP contribution in [0.15, 0.2) is 34.8 Å². The second-order valence-corrected chi connectivity index (χ2v) is 5.34. The van der Waals surface area contributed by atoms with Crippen molar-refractivity contribution in [3.8, 4) is 0 Å². The maximum Gasteiger partial charge on any atom is 0.257 e. The van der Waals surface area contributed by atoms with Gasteiger partial charge in [-0.3, -0.25) is 4.79 Å². The van der Waals surface area contributed by atoms with Crippen molar-refractivity contribution in [1.29, 1.82) is 0 Å². The molecule has 0 spiro atoms. The molecule has 1 aromatic carbocycles. The molecule has 0 aliphatic rings. The summed E-state index contributed by atoms with van der Waals surface area (Å²) < 4.78 is 0.928. The van der Waals surface area contributed by atoms with Crippen LogP contribution in [0.1, 0.15) is 27.2 Å². The Hall–Kier alpha value is -1.68. The van der Waals surface area contributed by atoms with Crippen LogP contribution in [0.2, 0.25) is 0 Å². The number of nitrogens with one attached hydrogen (secondary N) is 1. The van der Waals surface area contributed by atoms with E-state index in [4.69, 9.17) is 0 Å². The number of carbonyl (C=O) groups is 1. The van der Waals surface area contributed by atoms with E-state index in [-0.39, 0.29) is 5.91 Å². The number of hydrogen-bond donors (Lipinski definition) is 1. The maximum atomic E-state index is 12.3. The van der Waals surface area contributed by atoms with Crippen molar-refractivity contribution in [3.05, 3.63) is 57.2 Å². The summed E-state index contributed by atoms with van der Waals surface area (Å²) in [7, 11) is 0. The first-order valence-corrected chi connectivity index (χ1v) is 6.79. The first kappa shape index (κ1) is 13.7. The zero-order valence-corrected chi connectivity index (χ0v) is 12.7. The molecule has 3 nitrogen and oxygen atoms in total. The van der Waals surface area contributed by atoms with Crippen LogP contribution in [0.3, 0.4) is 0 Å². The zero-order chi connectivity index (χ0) is 14.0. The molecule has 1 aromatic heterocycles. The van der Waals surface area contributed by atoms with Crippen LogP contribution in [-0.2, 0) is 0 Å². The molecule has 0 atom stereocenters.